The molecule has 0 spiro atoms. The Kier molecular flexibility index (Phi) is 2.58. The summed E-state index contributed by atoms with van der Waals surface area (Å²) in [6, 6.07) is 5.67. The molecule has 0 bridgehead atoms. The van der Waals surface area contributed by atoms with Gasteiger partial charge in [0.15, 0.2) is 0 Å². The lowest BCUT2D eigenvalue weighted by atomic mass is 10.2. The van der Waals surface area contributed by atoms with E-state index >= 15 is 0 Å². The fourth-order valence-electron chi connectivity index (χ4n) is 1.99. The first kappa shape index (κ1) is 11.3. The summed E-state index contributed by atoms with van der Waals surface area (Å²) in [5, 5.41) is 3.40. The smallest absolute Gasteiger partial charge is 0.207 e. The number of imidazole rings is 1. The van der Waals surface area contributed by atoms with Crippen LogP contribution in [0.2, 0.25) is 0 Å². The number of rotatable bonds is 3. The Hall–Kier alpha value is -1.84. The van der Waals surface area contributed by atoms with Gasteiger partial charge in [0.2, 0.25) is 5.95 Å². The van der Waals surface area contributed by atoms with Gasteiger partial charge in [-0.25, -0.2) is 9.37 Å². The van der Waals surface area contributed by atoms with Gasteiger partial charge >= 0.3 is 0 Å². The van der Waals surface area contributed by atoms with Gasteiger partial charge in [0, 0.05) is 17.9 Å². The Morgan fingerprint density at radius 1 is 1.33 bits per heavy atom. The maximum Gasteiger partial charge on any atom is 0.207 e. The number of aryl methyl sites for hydroxylation is 2. The van der Waals surface area contributed by atoms with Gasteiger partial charge in [0.25, 0.3) is 0 Å². The first-order valence-corrected chi connectivity index (χ1v) is 6.22. The quantitative estimate of drug-likeness (QED) is 0.900. The average Bonchev–Trinajstić information content (AvgIpc) is 3.06. The van der Waals surface area contributed by atoms with Gasteiger partial charge in [-0.15, -0.1) is 0 Å². The first-order valence-electron chi connectivity index (χ1n) is 6.22. The SMILES string of the molecule is Cc1cn(-c2ccc(F)c(C)c2)c(NC2CC2)n1. The van der Waals surface area contributed by atoms with E-state index in [4.69, 9.17) is 0 Å². The molecule has 3 rings (SSSR count). The van der Waals surface area contributed by atoms with Crippen LogP contribution in [0.4, 0.5) is 10.3 Å². The molecule has 1 N–H and O–H groups in total. The van der Waals surface area contributed by atoms with Crippen LogP contribution in [-0.4, -0.2) is 15.6 Å². The van der Waals surface area contributed by atoms with Crippen LogP contribution >= 0.6 is 0 Å². The Morgan fingerprint density at radius 3 is 2.78 bits per heavy atom. The predicted molar refractivity (Wildman–Crippen MR) is 69.6 cm³/mol. The van der Waals surface area contributed by atoms with Gasteiger partial charge in [0.05, 0.1) is 5.69 Å². The predicted octanol–water partition coefficient (Wildman–Crippen LogP) is 3.20. The Morgan fingerprint density at radius 2 is 2.11 bits per heavy atom. The van der Waals surface area contributed by atoms with Crippen molar-refractivity contribution in [2.24, 2.45) is 0 Å². The third kappa shape index (κ3) is 2.10. The van der Waals surface area contributed by atoms with Crippen molar-refractivity contribution in [2.45, 2.75) is 32.7 Å². The topological polar surface area (TPSA) is 29.9 Å². The number of benzene rings is 1. The van der Waals surface area contributed by atoms with E-state index in [0.717, 1.165) is 17.3 Å². The van der Waals surface area contributed by atoms with Crippen LogP contribution in [-0.2, 0) is 0 Å². The molecule has 1 aromatic carbocycles. The fraction of sp³-hybridized carbons (Fsp3) is 0.357. The number of nitrogens with one attached hydrogen (secondary N) is 1. The summed E-state index contributed by atoms with van der Waals surface area (Å²) in [6.45, 7) is 3.74. The van der Waals surface area contributed by atoms with Crippen molar-refractivity contribution >= 4 is 5.95 Å². The van der Waals surface area contributed by atoms with Gasteiger partial charge in [-0.3, -0.25) is 4.57 Å². The minimum atomic E-state index is -0.174. The van der Waals surface area contributed by atoms with Gasteiger partial charge in [-0.05, 0) is 50.5 Å². The Bertz CT molecular complexity index is 585. The van der Waals surface area contributed by atoms with Crippen LogP contribution in [0.25, 0.3) is 5.69 Å². The zero-order valence-corrected chi connectivity index (χ0v) is 10.6. The molecule has 1 saturated carbocycles. The van der Waals surface area contributed by atoms with Gasteiger partial charge < -0.3 is 5.32 Å². The fourth-order valence-corrected chi connectivity index (χ4v) is 1.99. The summed E-state index contributed by atoms with van der Waals surface area (Å²) in [5.74, 6) is 0.674. The van der Waals surface area contributed by atoms with E-state index in [1.807, 2.05) is 23.8 Å². The third-order valence-corrected chi connectivity index (χ3v) is 3.16. The number of nitrogens with zero attached hydrogens (tertiary/aromatic N) is 2. The minimum Gasteiger partial charge on any atom is -0.353 e. The highest BCUT2D eigenvalue weighted by Crippen LogP contribution is 2.26. The number of hydrogen-bond acceptors (Lipinski definition) is 2. The van der Waals surface area contributed by atoms with Crippen LogP contribution in [0.15, 0.2) is 24.4 Å². The molecule has 1 aliphatic rings. The molecule has 2 aromatic rings. The average molecular weight is 245 g/mol. The summed E-state index contributed by atoms with van der Waals surface area (Å²) in [5.41, 5.74) is 2.55. The summed E-state index contributed by atoms with van der Waals surface area (Å²) >= 11 is 0. The van der Waals surface area contributed by atoms with Crippen LogP contribution in [0, 0.1) is 19.7 Å². The highest BCUT2D eigenvalue weighted by atomic mass is 19.1. The van der Waals surface area contributed by atoms with Crippen molar-refractivity contribution < 1.29 is 4.39 Å². The standard InChI is InChI=1S/C14H16FN3/c1-9-7-12(5-6-13(9)15)18-8-10(2)16-14(18)17-11-3-4-11/h5-8,11H,3-4H2,1-2H3,(H,16,17). The van der Waals surface area contributed by atoms with Crippen LogP contribution in [0.3, 0.4) is 0 Å². The van der Waals surface area contributed by atoms with Crippen molar-refractivity contribution in [2.75, 3.05) is 5.32 Å². The summed E-state index contributed by atoms with van der Waals surface area (Å²) < 4.78 is 15.3. The van der Waals surface area contributed by atoms with Gasteiger partial charge in [-0.1, -0.05) is 0 Å². The molecule has 0 amide bonds. The molecular weight excluding hydrogens is 229 g/mol. The van der Waals surface area contributed by atoms with Crippen molar-refractivity contribution in [1.29, 1.82) is 0 Å². The van der Waals surface area contributed by atoms with Crippen molar-refractivity contribution in [1.82, 2.24) is 9.55 Å². The number of hydrogen-bond donors (Lipinski definition) is 1. The zero-order chi connectivity index (χ0) is 12.7. The van der Waals surface area contributed by atoms with Crippen LogP contribution in [0.1, 0.15) is 24.1 Å². The molecule has 4 heteroatoms. The third-order valence-electron chi connectivity index (χ3n) is 3.16. The molecule has 1 aromatic heterocycles. The Labute approximate surface area is 106 Å². The van der Waals surface area contributed by atoms with Gasteiger partial charge in [-0.2, -0.15) is 0 Å². The number of halogens is 1. The molecule has 0 aliphatic heterocycles. The van der Waals surface area contributed by atoms with Crippen molar-refractivity contribution in [3.8, 4) is 5.69 Å². The molecule has 94 valence electrons. The Balaban J connectivity index is 2.00. The molecule has 0 saturated heterocycles. The normalized spacial score (nSPS) is 14.8. The molecule has 3 nitrogen and oxygen atoms in total. The lowest BCUT2D eigenvalue weighted by Gasteiger charge is -2.10. The molecule has 0 radical (unpaired) electrons. The van der Waals surface area contributed by atoms with Crippen LogP contribution < -0.4 is 5.32 Å². The second-order valence-electron chi connectivity index (χ2n) is 4.93. The first-order chi connectivity index (χ1) is 8.63. The molecular formula is C14H16FN3. The van der Waals surface area contributed by atoms with E-state index in [2.05, 4.69) is 10.3 Å². The van der Waals surface area contributed by atoms with Crippen LogP contribution in [0.5, 0.6) is 0 Å². The molecule has 0 unspecified atom stereocenters. The minimum absolute atomic E-state index is 0.174. The van der Waals surface area contributed by atoms with Crippen molar-refractivity contribution in [3.05, 3.63) is 41.5 Å². The number of anilines is 1. The summed E-state index contributed by atoms with van der Waals surface area (Å²) in [4.78, 5) is 4.48. The highest BCUT2D eigenvalue weighted by molar-refractivity contribution is 5.45. The van der Waals surface area contributed by atoms with E-state index in [-0.39, 0.29) is 5.82 Å². The lowest BCUT2D eigenvalue weighted by molar-refractivity contribution is 0.618. The molecule has 0 atom stereocenters. The second kappa shape index (κ2) is 4.12. The lowest BCUT2D eigenvalue weighted by Crippen LogP contribution is -2.07. The van der Waals surface area contributed by atoms with Crippen molar-refractivity contribution in [3.63, 3.8) is 0 Å². The maximum atomic E-state index is 13.3. The zero-order valence-electron chi connectivity index (χ0n) is 10.6. The molecule has 1 aliphatic carbocycles. The summed E-state index contributed by atoms with van der Waals surface area (Å²) in [6.07, 6.45) is 4.38. The second-order valence-corrected chi connectivity index (χ2v) is 4.93. The molecule has 18 heavy (non-hydrogen) atoms. The van der Waals surface area contributed by atoms with E-state index < -0.39 is 0 Å². The molecule has 1 heterocycles. The monoisotopic (exact) mass is 245 g/mol. The largest absolute Gasteiger partial charge is 0.353 e. The van der Waals surface area contributed by atoms with E-state index in [0.29, 0.717) is 11.6 Å². The number of aromatic nitrogens is 2. The van der Waals surface area contributed by atoms with Gasteiger partial charge in [0.1, 0.15) is 5.82 Å². The summed E-state index contributed by atoms with van der Waals surface area (Å²) in [7, 11) is 0. The maximum absolute atomic E-state index is 13.3. The van der Waals surface area contributed by atoms with E-state index in [9.17, 15) is 4.39 Å². The van der Waals surface area contributed by atoms with E-state index in [1.165, 1.54) is 18.9 Å². The highest BCUT2D eigenvalue weighted by Gasteiger charge is 2.23. The van der Waals surface area contributed by atoms with E-state index in [1.54, 1.807) is 13.0 Å². The molecule has 1 fully saturated rings.